The first-order chi connectivity index (χ1) is 9.17. The summed E-state index contributed by atoms with van der Waals surface area (Å²) in [4.78, 5) is 13.1. The first-order valence-electron chi connectivity index (χ1n) is 5.63. The molecule has 1 heterocycles. The molecule has 2 N–H and O–H groups in total. The summed E-state index contributed by atoms with van der Waals surface area (Å²) in [5.74, 6) is -1.71. The standard InChI is InChI=1S/C11H11BrClFN2O3S/c12-7-2-9(14)10(3-8(7)13)16-4-6(1-11(16)17)5-20(15,18)19/h2-3,6H,1,4-5H2,(H2,15,18,19). The van der Waals surface area contributed by atoms with Crippen molar-refractivity contribution in [3.8, 4) is 0 Å². The van der Waals surface area contributed by atoms with Gasteiger partial charge in [0.1, 0.15) is 5.82 Å². The van der Waals surface area contributed by atoms with Crippen LogP contribution in [0.4, 0.5) is 10.1 Å². The van der Waals surface area contributed by atoms with Crippen LogP contribution in [0.15, 0.2) is 16.6 Å². The quantitative estimate of drug-likeness (QED) is 0.807. The van der Waals surface area contributed by atoms with E-state index in [9.17, 15) is 17.6 Å². The van der Waals surface area contributed by atoms with Crippen LogP contribution in [0.5, 0.6) is 0 Å². The molecule has 1 aliphatic rings. The number of halogens is 3. The molecule has 9 heteroatoms. The van der Waals surface area contributed by atoms with E-state index in [4.69, 9.17) is 16.7 Å². The lowest BCUT2D eigenvalue weighted by Crippen LogP contribution is -2.28. The van der Waals surface area contributed by atoms with Crippen LogP contribution in [-0.2, 0) is 14.8 Å². The number of amides is 1. The molecule has 0 saturated carbocycles. The summed E-state index contributed by atoms with van der Waals surface area (Å²) in [7, 11) is -3.67. The van der Waals surface area contributed by atoms with E-state index >= 15 is 0 Å². The summed E-state index contributed by atoms with van der Waals surface area (Å²) in [6.45, 7) is 0.101. The number of carbonyl (C=O) groups excluding carboxylic acids is 1. The molecule has 1 amide bonds. The number of primary sulfonamides is 1. The van der Waals surface area contributed by atoms with Crippen molar-refractivity contribution in [1.82, 2.24) is 0 Å². The zero-order valence-corrected chi connectivity index (χ0v) is 13.3. The molecule has 5 nitrogen and oxygen atoms in total. The Balaban J connectivity index is 2.26. The van der Waals surface area contributed by atoms with Crippen molar-refractivity contribution in [3.05, 3.63) is 27.4 Å². The third-order valence-electron chi connectivity index (χ3n) is 2.95. The topological polar surface area (TPSA) is 80.5 Å². The van der Waals surface area contributed by atoms with Gasteiger partial charge in [0.2, 0.25) is 15.9 Å². The minimum Gasteiger partial charge on any atom is -0.309 e. The Labute approximate surface area is 129 Å². The van der Waals surface area contributed by atoms with Gasteiger partial charge in [0.15, 0.2) is 0 Å². The number of sulfonamides is 1. The first kappa shape index (κ1) is 15.7. The van der Waals surface area contributed by atoms with Gasteiger partial charge in [-0.25, -0.2) is 17.9 Å². The molecule has 1 aromatic rings. The van der Waals surface area contributed by atoms with Gasteiger partial charge in [0.25, 0.3) is 0 Å². The largest absolute Gasteiger partial charge is 0.309 e. The number of nitrogens with zero attached hydrogens (tertiary/aromatic N) is 1. The maximum atomic E-state index is 13.9. The van der Waals surface area contributed by atoms with E-state index in [2.05, 4.69) is 15.9 Å². The van der Waals surface area contributed by atoms with Crippen molar-refractivity contribution in [2.45, 2.75) is 6.42 Å². The van der Waals surface area contributed by atoms with E-state index in [1.807, 2.05) is 0 Å². The molecular formula is C11H11BrClFN2O3S. The van der Waals surface area contributed by atoms with Crippen LogP contribution in [0.3, 0.4) is 0 Å². The van der Waals surface area contributed by atoms with E-state index in [1.165, 1.54) is 11.0 Å². The summed E-state index contributed by atoms with van der Waals surface area (Å²) in [6.07, 6.45) is 0.0174. The zero-order valence-electron chi connectivity index (χ0n) is 10.1. The maximum absolute atomic E-state index is 13.9. The predicted octanol–water partition coefficient (Wildman–Crippen LogP) is 1.88. The summed E-state index contributed by atoms with van der Waals surface area (Å²) >= 11 is 8.97. The van der Waals surface area contributed by atoms with Crippen molar-refractivity contribution in [2.75, 3.05) is 17.2 Å². The minimum atomic E-state index is -3.67. The average Bonchev–Trinajstić information content (AvgIpc) is 2.62. The molecule has 0 bridgehead atoms. The Morgan fingerprint density at radius 3 is 2.75 bits per heavy atom. The van der Waals surface area contributed by atoms with Crippen LogP contribution in [0.1, 0.15) is 6.42 Å². The van der Waals surface area contributed by atoms with Crippen molar-refractivity contribution >= 4 is 49.1 Å². The summed E-state index contributed by atoms with van der Waals surface area (Å²) in [6, 6.07) is 2.50. The Morgan fingerprint density at radius 1 is 1.50 bits per heavy atom. The van der Waals surface area contributed by atoms with Gasteiger partial charge in [-0.15, -0.1) is 0 Å². The predicted molar refractivity (Wildman–Crippen MR) is 77.5 cm³/mol. The number of anilines is 1. The fraction of sp³-hybridized carbons (Fsp3) is 0.364. The normalized spacial score (nSPS) is 19.7. The lowest BCUT2D eigenvalue weighted by atomic mass is 10.1. The second kappa shape index (κ2) is 5.59. The molecule has 110 valence electrons. The zero-order chi connectivity index (χ0) is 15.1. The van der Waals surface area contributed by atoms with Gasteiger partial charge in [-0.1, -0.05) is 11.6 Å². The molecule has 2 rings (SSSR count). The molecule has 20 heavy (non-hydrogen) atoms. The van der Waals surface area contributed by atoms with Crippen LogP contribution in [0.25, 0.3) is 0 Å². The van der Waals surface area contributed by atoms with Gasteiger partial charge in [0.05, 0.1) is 16.5 Å². The SMILES string of the molecule is NS(=O)(=O)CC1CC(=O)N(c2cc(Cl)c(Br)cc2F)C1. The van der Waals surface area contributed by atoms with E-state index in [-0.39, 0.29) is 35.3 Å². The van der Waals surface area contributed by atoms with Crippen molar-refractivity contribution in [3.63, 3.8) is 0 Å². The number of rotatable bonds is 3. The fourth-order valence-electron chi connectivity index (χ4n) is 2.17. The number of hydrogen-bond donors (Lipinski definition) is 1. The highest BCUT2D eigenvalue weighted by Gasteiger charge is 2.34. The minimum absolute atomic E-state index is 0.0174. The van der Waals surface area contributed by atoms with Crippen LogP contribution in [0, 0.1) is 11.7 Å². The molecule has 0 aromatic heterocycles. The number of nitrogens with two attached hydrogens (primary N) is 1. The maximum Gasteiger partial charge on any atom is 0.227 e. The number of benzene rings is 1. The molecular weight excluding hydrogens is 375 g/mol. The van der Waals surface area contributed by atoms with Crippen molar-refractivity contribution < 1.29 is 17.6 Å². The lowest BCUT2D eigenvalue weighted by Gasteiger charge is -2.18. The third-order valence-corrected chi connectivity index (χ3v) is 5.09. The average molecular weight is 386 g/mol. The van der Waals surface area contributed by atoms with Gasteiger partial charge in [0, 0.05) is 23.4 Å². The van der Waals surface area contributed by atoms with E-state index in [0.29, 0.717) is 4.47 Å². The van der Waals surface area contributed by atoms with E-state index in [0.717, 1.165) is 6.07 Å². The summed E-state index contributed by atoms with van der Waals surface area (Å²) < 4.78 is 36.4. The van der Waals surface area contributed by atoms with Gasteiger partial charge in [-0.05, 0) is 28.1 Å². The monoisotopic (exact) mass is 384 g/mol. The van der Waals surface area contributed by atoms with Crippen molar-refractivity contribution in [1.29, 1.82) is 0 Å². The van der Waals surface area contributed by atoms with Crippen LogP contribution in [0.2, 0.25) is 5.02 Å². The Bertz CT molecular complexity index is 668. The highest BCUT2D eigenvalue weighted by atomic mass is 79.9. The highest BCUT2D eigenvalue weighted by Crippen LogP contribution is 2.33. The molecule has 0 aliphatic carbocycles. The Hall–Kier alpha value is -0.700. The molecule has 1 aliphatic heterocycles. The summed E-state index contributed by atoms with van der Waals surface area (Å²) in [5.41, 5.74) is 0.0418. The van der Waals surface area contributed by atoms with E-state index in [1.54, 1.807) is 0 Å². The van der Waals surface area contributed by atoms with Gasteiger partial charge in [-0.3, -0.25) is 4.79 Å². The molecule has 1 fully saturated rings. The van der Waals surface area contributed by atoms with Gasteiger partial charge in [-0.2, -0.15) is 0 Å². The van der Waals surface area contributed by atoms with Crippen LogP contribution in [-0.4, -0.2) is 26.6 Å². The molecule has 1 aromatic carbocycles. The number of carbonyl (C=O) groups is 1. The second-order valence-electron chi connectivity index (χ2n) is 4.62. The molecule has 1 unspecified atom stereocenters. The molecule has 1 atom stereocenters. The molecule has 0 spiro atoms. The van der Waals surface area contributed by atoms with E-state index < -0.39 is 21.8 Å². The lowest BCUT2D eigenvalue weighted by molar-refractivity contribution is -0.117. The van der Waals surface area contributed by atoms with Crippen LogP contribution >= 0.6 is 27.5 Å². The smallest absolute Gasteiger partial charge is 0.227 e. The van der Waals surface area contributed by atoms with Gasteiger partial charge >= 0.3 is 0 Å². The van der Waals surface area contributed by atoms with Gasteiger partial charge < -0.3 is 4.90 Å². The summed E-state index contributed by atoms with van der Waals surface area (Å²) in [5, 5.41) is 5.23. The van der Waals surface area contributed by atoms with Crippen LogP contribution < -0.4 is 10.0 Å². The van der Waals surface area contributed by atoms with Crippen molar-refractivity contribution in [2.24, 2.45) is 11.1 Å². The molecule has 0 radical (unpaired) electrons. The Kier molecular flexibility index (Phi) is 4.38. The first-order valence-corrected chi connectivity index (χ1v) is 8.51. The molecule has 1 saturated heterocycles. The second-order valence-corrected chi connectivity index (χ2v) is 7.54. The third kappa shape index (κ3) is 3.49. The Morgan fingerprint density at radius 2 is 2.15 bits per heavy atom. The number of hydrogen-bond acceptors (Lipinski definition) is 3. The highest BCUT2D eigenvalue weighted by molar-refractivity contribution is 9.10. The fourth-order valence-corrected chi connectivity index (χ4v) is 3.53.